The van der Waals surface area contributed by atoms with Gasteiger partial charge in [0, 0.05) is 10.6 Å². The molecule has 0 aliphatic heterocycles. The third-order valence-corrected chi connectivity index (χ3v) is 5.46. The molecule has 5 aromatic carbocycles. The van der Waals surface area contributed by atoms with Crippen LogP contribution in [0.25, 0.3) is 43.8 Å². The third-order valence-electron chi connectivity index (χ3n) is 5.15. The molecule has 0 aromatic heterocycles. The lowest BCUT2D eigenvalue weighted by molar-refractivity contribution is 1.62. The molecule has 0 heterocycles. The Morgan fingerprint density at radius 2 is 1.00 bits per heavy atom. The number of fused-ring (bicyclic) bond motifs is 2. The van der Waals surface area contributed by atoms with E-state index in [4.69, 9.17) is 11.6 Å². The van der Waals surface area contributed by atoms with E-state index in [1.165, 1.54) is 32.7 Å². The van der Waals surface area contributed by atoms with Crippen molar-refractivity contribution in [2.75, 3.05) is 0 Å². The second-order valence-electron chi connectivity index (χ2n) is 6.75. The van der Waals surface area contributed by atoms with Crippen LogP contribution in [0.1, 0.15) is 0 Å². The summed E-state index contributed by atoms with van der Waals surface area (Å²) in [6.45, 7) is 0. The summed E-state index contributed by atoms with van der Waals surface area (Å²) in [6.07, 6.45) is 0. The van der Waals surface area contributed by atoms with E-state index >= 15 is 0 Å². The first kappa shape index (κ1) is 16.1. The molecule has 0 saturated heterocycles. The van der Waals surface area contributed by atoms with Gasteiger partial charge in [-0.05, 0) is 44.3 Å². The quantitative estimate of drug-likeness (QED) is 0.298. The molecule has 0 nitrogen and oxygen atoms in total. The Labute approximate surface area is 163 Å². The Morgan fingerprint density at radius 1 is 0.444 bits per heavy atom. The zero-order chi connectivity index (χ0) is 18.2. The third kappa shape index (κ3) is 2.79. The number of halogens is 1. The summed E-state index contributed by atoms with van der Waals surface area (Å²) in [4.78, 5) is 0. The SMILES string of the molecule is Clc1cc(-c2cccc3ccccc23)ccc1-c1cccc2ccccc12. The highest BCUT2D eigenvalue weighted by Gasteiger charge is 2.10. The first-order chi connectivity index (χ1) is 13.3. The van der Waals surface area contributed by atoms with Crippen LogP contribution in [0.5, 0.6) is 0 Å². The van der Waals surface area contributed by atoms with Crippen LogP contribution in [-0.4, -0.2) is 0 Å². The molecule has 0 unspecified atom stereocenters. The lowest BCUT2D eigenvalue weighted by atomic mass is 9.94. The minimum absolute atomic E-state index is 0.775. The maximum atomic E-state index is 6.77. The van der Waals surface area contributed by atoms with Crippen LogP contribution < -0.4 is 0 Å². The predicted molar refractivity (Wildman–Crippen MR) is 117 cm³/mol. The lowest BCUT2D eigenvalue weighted by Crippen LogP contribution is -1.86. The van der Waals surface area contributed by atoms with E-state index < -0.39 is 0 Å². The molecule has 0 atom stereocenters. The van der Waals surface area contributed by atoms with E-state index in [0.717, 1.165) is 16.1 Å². The molecule has 0 spiro atoms. The van der Waals surface area contributed by atoms with Crippen LogP contribution in [0, 0.1) is 0 Å². The Hall–Kier alpha value is -3.09. The topological polar surface area (TPSA) is 0 Å². The van der Waals surface area contributed by atoms with Gasteiger partial charge in [-0.15, -0.1) is 0 Å². The highest BCUT2D eigenvalue weighted by Crippen LogP contribution is 2.37. The lowest BCUT2D eigenvalue weighted by Gasteiger charge is -2.12. The molecule has 1 heteroatoms. The molecule has 0 fully saturated rings. The Balaban J connectivity index is 1.68. The van der Waals surface area contributed by atoms with Crippen LogP contribution in [0.3, 0.4) is 0 Å². The Kier molecular flexibility index (Phi) is 3.92. The minimum Gasteiger partial charge on any atom is -0.0836 e. The monoisotopic (exact) mass is 364 g/mol. The Morgan fingerprint density at radius 3 is 1.67 bits per heavy atom. The van der Waals surface area contributed by atoms with Gasteiger partial charge >= 0.3 is 0 Å². The van der Waals surface area contributed by atoms with Crippen LogP contribution >= 0.6 is 11.6 Å². The van der Waals surface area contributed by atoms with E-state index in [0.29, 0.717) is 0 Å². The smallest absolute Gasteiger partial charge is 0.0490 e. The molecule has 0 N–H and O–H groups in total. The average molecular weight is 365 g/mol. The second kappa shape index (κ2) is 6.57. The molecule has 0 saturated carbocycles. The van der Waals surface area contributed by atoms with Crippen LogP contribution in [0.15, 0.2) is 103 Å². The molecule has 5 rings (SSSR count). The maximum absolute atomic E-state index is 6.77. The van der Waals surface area contributed by atoms with Crippen molar-refractivity contribution in [2.24, 2.45) is 0 Å². The highest BCUT2D eigenvalue weighted by atomic mass is 35.5. The summed E-state index contributed by atoms with van der Waals surface area (Å²) in [5, 5.41) is 5.71. The first-order valence-corrected chi connectivity index (χ1v) is 9.45. The van der Waals surface area contributed by atoms with Crippen molar-refractivity contribution in [3.05, 3.63) is 108 Å². The zero-order valence-corrected chi connectivity index (χ0v) is 15.4. The molecule has 5 aromatic rings. The van der Waals surface area contributed by atoms with Crippen molar-refractivity contribution in [3.63, 3.8) is 0 Å². The van der Waals surface area contributed by atoms with Crippen molar-refractivity contribution in [3.8, 4) is 22.3 Å². The fourth-order valence-corrected chi connectivity index (χ4v) is 4.12. The maximum Gasteiger partial charge on any atom is 0.0490 e. The van der Waals surface area contributed by atoms with Gasteiger partial charge in [0.05, 0.1) is 0 Å². The van der Waals surface area contributed by atoms with Crippen molar-refractivity contribution in [1.29, 1.82) is 0 Å². The summed E-state index contributed by atoms with van der Waals surface area (Å²) in [7, 11) is 0. The van der Waals surface area contributed by atoms with E-state index in [2.05, 4.69) is 103 Å². The summed E-state index contributed by atoms with van der Waals surface area (Å²) in [5.74, 6) is 0. The minimum atomic E-state index is 0.775. The van der Waals surface area contributed by atoms with Crippen LogP contribution in [-0.2, 0) is 0 Å². The van der Waals surface area contributed by atoms with Gasteiger partial charge in [0.2, 0.25) is 0 Å². The molecule has 0 bridgehead atoms. The zero-order valence-electron chi connectivity index (χ0n) is 14.7. The van der Waals surface area contributed by atoms with Crippen molar-refractivity contribution in [1.82, 2.24) is 0 Å². The number of benzene rings is 5. The van der Waals surface area contributed by atoms with Gasteiger partial charge in [-0.1, -0.05) is 109 Å². The van der Waals surface area contributed by atoms with Crippen LogP contribution in [0.2, 0.25) is 5.02 Å². The average Bonchev–Trinajstić information content (AvgIpc) is 2.73. The largest absolute Gasteiger partial charge is 0.0836 e. The molecule has 0 amide bonds. The molecule has 128 valence electrons. The van der Waals surface area contributed by atoms with Gasteiger partial charge in [-0.2, -0.15) is 0 Å². The van der Waals surface area contributed by atoms with Gasteiger partial charge < -0.3 is 0 Å². The molecular formula is C26H17Cl. The Bertz CT molecular complexity index is 1270. The predicted octanol–water partition coefficient (Wildman–Crippen LogP) is 7.98. The molecule has 27 heavy (non-hydrogen) atoms. The fourth-order valence-electron chi connectivity index (χ4n) is 3.84. The van der Waals surface area contributed by atoms with Crippen molar-refractivity contribution in [2.45, 2.75) is 0 Å². The number of hydrogen-bond acceptors (Lipinski definition) is 0. The molecule has 0 aliphatic carbocycles. The standard InChI is InChI=1S/C26H17Cl/c27-26-17-20(23-13-5-9-18-7-1-3-11-21(18)23)15-16-25(26)24-14-6-10-19-8-2-4-12-22(19)24/h1-17H. The van der Waals surface area contributed by atoms with Crippen molar-refractivity contribution >= 4 is 33.1 Å². The highest BCUT2D eigenvalue weighted by molar-refractivity contribution is 6.34. The number of hydrogen-bond donors (Lipinski definition) is 0. The van der Waals surface area contributed by atoms with E-state index in [1.807, 2.05) is 0 Å². The molecule has 0 aliphatic rings. The summed E-state index contributed by atoms with van der Waals surface area (Å²) in [5.41, 5.74) is 4.58. The van der Waals surface area contributed by atoms with Gasteiger partial charge in [-0.25, -0.2) is 0 Å². The van der Waals surface area contributed by atoms with E-state index in [1.54, 1.807) is 0 Å². The van der Waals surface area contributed by atoms with Crippen molar-refractivity contribution < 1.29 is 0 Å². The fraction of sp³-hybridized carbons (Fsp3) is 0. The first-order valence-electron chi connectivity index (χ1n) is 9.07. The molecular weight excluding hydrogens is 348 g/mol. The van der Waals surface area contributed by atoms with E-state index in [9.17, 15) is 0 Å². The summed E-state index contributed by atoms with van der Waals surface area (Å²) >= 11 is 6.77. The van der Waals surface area contributed by atoms with Gasteiger partial charge in [0.25, 0.3) is 0 Å². The summed E-state index contributed by atoms with van der Waals surface area (Å²) < 4.78 is 0. The summed E-state index contributed by atoms with van der Waals surface area (Å²) in [6, 6.07) is 36.1. The van der Waals surface area contributed by atoms with Gasteiger partial charge in [0.15, 0.2) is 0 Å². The molecule has 0 radical (unpaired) electrons. The number of rotatable bonds is 2. The van der Waals surface area contributed by atoms with Gasteiger partial charge in [0.1, 0.15) is 0 Å². The second-order valence-corrected chi connectivity index (χ2v) is 7.16. The van der Waals surface area contributed by atoms with E-state index in [-0.39, 0.29) is 0 Å². The normalized spacial score (nSPS) is 11.1. The van der Waals surface area contributed by atoms with Crippen LogP contribution in [0.4, 0.5) is 0 Å². The van der Waals surface area contributed by atoms with Gasteiger partial charge in [-0.3, -0.25) is 0 Å².